The zero-order valence-corrected chi connectivity index (χ0v) is 13.0. The third-order valence-electron chi connectivity index (χ3n) is 3.16. The number of H-pyrrole nitrogens is 1. The number of aromatic amines is 1. The Morgan fingerprint density at radius 3 is 2.85 bits per heavy atom. The van der Waals surface area contributed by atoms with Crippen LogP contribution in [-0.2, 0) is 19.4 Å². The third-order valence-corrected chi connectivity index (χ3v) is 4.39. The van der Waals surface area contributed by atoms with E-state index in [0.717, 1.165) is 24.1 Å². The average Bonchev–Trinajstić information content (AvgIpc) is 3.07. The SMILES string of the molecule is CCCc1sc(C(=O)N(C)Cc2ncn[nH]2)cc1CC. The number of carbonyl (C=O) groups excluding carboxylic acids is 1. The highest BCUT2D eigenvalue weighted by Gasteiger charge is 2.17. The van der Waals surface area contributed by atoms with Crippen molar-refractivity contribution in [2.24, 2.45) is 0 Å². The second-order valence-electron chi connectivity index (χ2n) is 4.76. The maximum absolute atomic E-state index is 12.4. The van der Waals surface area contributed by atoms with E-state index in [2.05, 4.69) is 29.0 Å². The summed E-state index contributed by atoms with van der Waals surface area (Å²) in [5, 5.41) is 6.56. The van der Waals surface area contributed by atoms with Crippen LogP contribution in [0.4, 0.5) is 0 Å². The van der Waals surface area contributed by atoms with Crippen molar-refractivity contribution in [1.29, 1.82) is 0 Å². The Morgan fingerprint density at radius 2 is 2.25 bits per heavy atom. The van der Waals surface area contributed by atoms with Gasteiger partial charge in [0, 0.05) is 11.9 Å². The topological polar surface area (TPSA) is 61.9 Å². The minimum absolute atomic E-state index is 0.0449. The van der Waals surface area contributed by atoms with Crippen molar-refractivity contribution in [1.82, 2.24) is 20.1 Å². The van der Waals surface area contributed by atoms with Gasteiger partial charge in [0.05, 0.1) is 11.4 Å². The molecule has 1 N–H and O–H groups in total. The van der Waals surface area contributed by atoms with E-state index >= 15 is 0 Å². The van der Waals surface area contributed by atoms with E-state index in [1.807, 2.05) is 6.07 Å². The van der Waals surface area contributed by atoms with Gasteiger partial charge >= 0.3 is 0 Å². The molecule has 6 heteroatoms. The maximum atomic E-state index is 12.4. The molecule has 0 aromatic carbocycles. The Kier molecular flexibility index (Phi) is 4.89. The van der Waals surface area contributed by atoms with E-state index in [-0.39, 0.29) is 5.91 Å². The molecule has 0 aliphatic heterocycles. The van der Waals surface area contributed by atoms with Gasteiger partial charge in [-0.05, 0) is 24.5 Å². The van der Waals surface area contributed by atoms with Crippen molar-refractivity contribution >= 4 is 17.2 Å². The van der Waals surface area contributed by atoms with Gasteiger partial charge in [0.25, 0.3) is 5.91 Å². The van der Waals surface area contributed by atoms with Crippen LogP contribution in [0.25, 0.3) is 0 Å². The molecule has 0 bridgehead atoms. The molecule has 0 atom stereocenters. The molecular weight excluding hydrogens is 272 g/mol. The van der Waals surface area contributed by atoms with Crippen LogP contribution in [-0.4, -0.2) is 33.0 Å². The molecule has 5 nitrogen and oxygen atoms in total. The van der Waals surface area contributed by atoms with E-state index < -0.39 is 0 Å². The van der Waals surface area contributed by atoms with Gasteiger partial charge in [-0.2, -0.15) is 5.10 Å². The normalized spacial score (nSPS) is 10.8. The van der Waals surface area contributed by atoms with E-state index in [1.54, 1.807) is 23.3 Å². The van der Waals surface area contributed by atoms with Crippen LogP contribution >= 0.6 is 11.3 Å². The molecule has 108 valence electrons. The number of aryl methyl sites for hydroxylation is 2. The molecule has 0 unspecified atom stereocenters. The summed E-state index contributed by atoms with van der Waals surface area (Å²) in [6.45, 7) is 4.74. The summed E-state index contributed by atoms with van der Waals surface area (Å²) in [6.07, 6.45) is 4.58. The lowest BCUT2D eigenvalue weighted by atomic mass is 10.1. The van der Waals surface area contributed by atoms with Crippen LogP contribution in [0.3, 0.4) is 0 Å². The van der Waals surface area contributed by atoms with E-state index in [9.17, 15) is 4.79 Å². The van der Waals surface area contributed by atoms with Gasteiger partial charge in [0.2, 0.25) is 0 Å². The highest BCUT2D eigenvalue weighted by atomic mass is 32.1. The molecule has 0 saturated carbocycles. The Morgan fingerprint density at radius 1 is 1.45 bits per heavy atom. The van der Waals surface area contributed by atoms with Crippen LogP contribution in [0.15, 0.2) is 12.4 Å². The molecule has 2 heterocycles. The molecule has 0 fully saturated rings. The molecule has 0 radical (unpaired) electrons. The molecular formula is C14H20N4OS. The maximum Gasteiger partial charge on any atom is 0.264 e. The van der Waals surface area contributed by atoms with Gasteiger partial charge < -0.3 is 4.90 Å². The number of carbonyl (C=O) groups is 1. The Labute approximate surface area is 123 Å². The quantitative estimate of drug-likeness (QED) is 0.890. The van der Waals surface area contributed by atoms with Gasteiger partial charge in [-0.1, -0.05) is 20.3 Å². The highest BCUT2D eigenvalue weighted by Crippen LogP contribution is 2.25. The number of nitrogens with zero attached hydrogens (tertiary/aromatic N) is 3. The predicted molar refractivity (Wildman–Crippen MR) is 79.9 cm³/mol. The lowest BCUT2D eigenvalue weighted by Gasteiger charge is -2.14. The number of amides is 1. The molecule has 0 spiro atoms. The van der Waals surface area contributed by atoms with E-state index in [4.69, 9.17) is 0 Å². The summed E-state index contributed by atoms with van der Waals surface area (Å²) >= 11 is 1.62. The number of aromatic nitrogens is 3. The van der Waals surface area contributed by atoms with Crippen molar-refractivity contribution in [3.05, 3.63) is 33.5 Å². The fourth-order valence-electron chi connectivity index (χ4n) is 2.10. The molecule has 0 aliphatic carbocycles. The standard InChI is InChI=1S/C14H20N4OS/c1-4-6-11-10(5-2)7-12(20-11)14(19)18(3)8-13-15-9-16-17-13/h7,9H,4-6,8H2,1-3H3,(H,15,16,17). The predicted octanol–water partition coefficient (Wildman–Crippen LogP) is 2.65. The van der Waals surface area contributed by atoms with Crippen LogP contribution in [0.5, 0.6) is 0 Å². The van der Waals surface area contributed by atoms with Crippen molar-refractivity contribution in [3.63, 3.8) is 0 Å². The second kappa shape index (κ2) is 6.65. The summed E-state index contributed by atoms with van der Waals surface area (Å²) in [4.78, 5) is 20.3. The van der Waals surface area contributed by atoms with Crippen LogP contribution < -0.4 is 0 Å². The first-order valence-corrected chi connectivity index (χ1v) is 7.68. The minimum atomic E-state index is 0.0449. The Balaban J connectivity index is 2.11. The Bertz CT molecular complexity index is 562. The first-order valence-electron chi connectivity index (χ1n) is 6.87. The molecule has 0 aliphatic rings. The zero-order valence-electron chi connectivity index (χ0n) is 12.1. The number of hydrogen-bond donors (Lipinski definition) is 1. The van der Waals surface area contributed by atoms with Gasteiger partial charge in [-0.3, -0.25) is 9.89 Å². The average molecular weight is 292 g/mol. The van der Waals surface area contributed by atoms with Crippen molar-refractivity contribution in [2.45, 2.75) is 39.7 Å². The summed E-state index contributed by atoms with van der Waals surface area (Å²) in [7, 11) is 1.79. The van der Waals surface area contributed by atoms with E-state index in [0.29, 0.717) is 12.4 Å². The first-order chi connectivity index (χ1) is 9.65. The largest absolute Gasteiger partial charge is 0.333 e. The summed E-state index contributed by atoms with van der Waals surface area (Å²) < 4.78 is 0. The lowest BCUT2D eigenvalue weighted by molar-refractivity contribution is 0.0786. The van der Waals surface area contributed by atoms with Gasteiger partial charge in [0.15, 0.2) is 0 Å². The lowest BCUT2D eigenvalue weighted by Crippen LogP contribution is -2.26. The fraction of sp³-hybridized carbons (Fsp3) is 0.500. The summed E-state index contributed by atoms with van der Waals surface area (Å²) in [5.41, 5.74) is 1.30. The fourth-order valence-corrected chi connectivity index (χ4v) is 3.45. The van der Waals surface area contributed by atoms with Crippen molar-refractivity contribution in [3.8, 4) is 0 Å². The van der Waals surface area contributed by atoms with Gasteiger partial charge in [-0.25, -0.2) is 4.98 Å². The first kappa shape index (κ1) is 14.7. The number of rotatable bonds is 6. The molecule has 2 aromatic heterocycles. The summed E-state index contributed by atoms with van der Waals surface area (Å²) in [6, 6.07) is 2.04. The number of thiophene rings is 1. The minimum Gasteiger partial charge on any atom is -0.333 e. The molecule has 2 aromatic rings. The highest BCUT2D eigenvalue weighted by molar-refractivity contribution is 7.14. The Hall–Kier alpha value is -1.69. The van der Waals surface area contributed by atoms with Gasteiger partial charge in [-0.15, -0.1) is 11.3 Å². The molecule has 20 heavy (non-hydrogen) atoms. The van der Waals surface area contributed by atoms with Crippen LogP contribution in [0, 0.1) is 0 Å². The smallest absolute Gasteiger partial charge is 0.264 e. The molecule has 1 amide bonds. The third kappa shape index (κ3) is 3.25. The van der Waals surface area contributed by atoms with Crippen molar-refractivity contribution in [2.75, 3.05) is 7.05 Å². The molecule has 2 rings (SSSR count). The second-order valence-corrected chi connectivity index (χ2v) is 5.89. The number of hydrogen-bond acceptors (Lipinski definition) is 4. The zero-order chi connectivity index (χ0) is 14.5. The van der Waals surface area contributed by atoms with Crippen LogP contribution in [0.1, 0.15) is 46.2 Å². The molecule has 0 saturated heterocycles. The monoisotopic (exact) mass is 292 g/mol. The summed E-state index contributed by atoms with van der Waals surface area (Å²) in [5.74, 6) is 0.741. The van der Waals surface area contributed by atoms with Crippen molar-refractivity contribution < 1.29 is 4.79 Å². The van der Waals surface area contributed by atoms with Crippen LogP contribution in [0.2, 0.25) is 0 Å². The van der Waals surface area contributed by atoms with E-state index in [1.165, 1.54) is 16.8 Å². The van der Waals surface area contributed by atoms with Gasteiger partial charge in [0.1, 0.15) is 12.2 Å². The number of nitrogens with one attached hydrogen (secondary N) is 1.